The molecule has 8 N–H and O–H groups in total. The number of aromatic nitrogens is 1. The number of pyridine rings is 1. The number of fused-ring (bicyclic) bond motifs is 1. The molecule has 1 heterocycles. The largest absolute Gasteiger partial charge is 0.445 e. The number of amides is 8. The first-order chi connectivity index (χ1) is 40.3. The second-order valence-corrected chi connectivity index (χ2v) is 22.8. The molecule has 1 saturated carbocycles. The summed E-state index contributed by atoms with van der Waals surface area (Å²) in [7, 11) is 3.09. The number of ketones is 1. The van der Waals surface area contributed by atoms with E-state index in [0.717, 1.165) is 22.5 Å². The lowest BCUT2D eigenvalue weighted by Crippen LogP contribution is -2.54. The van der Waals surface area contributed by atoms with Crippen molar-refractivity contribution in [1.82, 2.24) is 36.1 Å². The predicted molar refractivity (Wildman–Crippen MR) is 316 cm³/mol. The van der Waals surface area contributed by atoms with E-state index in [2.05, 4.69) is 38.1 Å². The first kappa shape index (κ1) is 68.5. The highest BCUT2D eigenvalue weighted by atomic mass is 16.6. The Morgan fingerprint density at radius 3 is 2.01 bits per heavy atom. The summed E-state index contributed by atoms with van der Waals surface area (Å²) in [5.74, 6) is -2.37. The number of nitrogens with two attached hydrogens (primary N) is 1. The second-order valence-electron chi connectivity index (χ2n) is 22.8. The van der Waals surface area contributed by atoms with E-state index in [1.165, 1.54) is 16.8 Å². The number of anilines is 1. The summed E-state index contributed by atoms with van der Waals surface area (Å²) in [5, 5.41) is 24.9. The lowest BCUT2D eigenvalue weighted by molar-refractivity contribution is -0.138. The fourth-order valence-corrected chi connectivity index (χ4v) is 10.1. The number of hydrogen-bond acceptors (Lipinski definition) is 16. The van der Waals surface area contributed by atoms with Gasteiger partial charge in [0.2, 0.25) is 23.6 Å². The molecule has 24 nitrogen and oxygen atoms in total. The molecule has 0 unspecified atom stereocenters. The molecule has 1 spiro atoms. The second kappa shape index (κ2) is 32.3. The van der Waals surface area contributed by atoms with E-state index in [1.807, 2.05) is 39.8 Å². The molecule has 0 radical (unpaired) electrons. The number of Topliss-reactive ketones (excluding diaryl/α,β-unsaturated/α-hetero) is 1. The van der Waals surface area contributed by atoms with Crippen molar-refractivity contribution < 1.29 is 71.9 Å². The van der Waals surface area contributed by atoms with Gasteiger partial charge in [-0.1, -0.05) is 64.1 Å². The van der Waals surface area contributed by atoms with Gasteiger partial charge in [-0.3, -0.25) is 29.0 Å². The van der Waals surface area contributed by atoms with Gasteiger partial charge < -0.3 is 75.6 Å². The van der Waals surface area contributed by atoms with E-state index in [9.17, 15) is 43.5 Å². The van der Waals surface area contributed by atoms with Crippen molar-refractivity contribution in [2.75, 3.05) is 98.4 Å². The van der Waals surface area contributed by atoms with Gasteiger partial charge in [0.1, 0.15) is 30.4 Å². The van der Waals surface area contributed by atoms with Crippen molar-refractivity contribution in [2.45, 2.75) is 124 Å². The molecule has 2 aromatic rings. The third kappa shape index (κ3) is 20.2. The predicted octanol–water partition coefficient (Wildman–Crippen LogP) is 4.65. The maximum Gasteiger partial charge on any atom is 0.410 e. The number of urea groups is 1. The molecule has 4 atom stereocenters. The van der Waals surface area contributed by atoms with Gasteiger partial charge in [-0.2, -0.15) is 0 Å². The average molecular weight is 1190 g/mol. The van der Waals surface area contributed by atoms with Crippen LogP contribution < -0.4 is 32.3 Å². The summed E-state index contributed by atoms with van der Waals surface area (Å²) in [6.07, 6.45) is 4.10. The summed E-state index contributed by atoms with van der Waals surface area (Å²) in [6, 6.07) is 7.58. The van der Waals surface area contributed by atoms with Gasteiger partial charge in [0.25, 0.3) is 0 Å². The van der Waals surface area contributed by atoms with E-state index >= 15 is 0 Å². The lowest BCUT2D eigenvalue weighted by atomic mass is 9.67. The smallest absolute Gasteiger partial charge is 0.410 e. The van der Waals surface area contributed by atoms with E-state index in [-0.39, 0.29) is 82.9 Å². The zero-order chi connectivity index (χ0) is 62.5. The zero-order valence-corrected chi connectivity index (χ0v) is 50.9. The van der Waals surface area contributed by atoms with Gasteiger partial charge in [-0.25, -0.2) is 14.4 Å². The summed E-state index contributed by atoms with van der Waals surface area (Å²) >= 11 is 0. The molecule has 5 rings (SSSR count). The molecular weight excluding hydrogens is 1100 g/mol. The van der Waals surface area contributed by atoms with Crippen LogP contribution in [0.1, 0.15) is 103 Å². The number of carbonyl (C=O) groups excluding carboxylic acids is 8. The Bertz CT molecular complexity index is 2740. The number of primary amides is 1. The third-order valence-corrected chi connectivity index (χ3v) is 15.3. The number of carbonyl (C=O) groups is 8. The molecule has 1 aromatic carbocycles. The van der Waals surface area contributed by atoms with Crippen molar-refractivity contribution in [1.29, 1.82) is 0 Å². The number of nitrogens with zero attached hydrogens (tertiary/aromatic N) is 3. The van der Waals surface area contributed by atoms with Crippen molar-refractivity contribution in [2.24, 2.45) is 22.5 Å². The normalized spacial score (nSPS) is 17.9. The first-order valence-corrected chi connectivity index (χ1v) is 29.0. The Kier molecular flexibility index (Phi) is 26.0. The number of ether oxygens (including phenoxy) is 6. The number of aryl methyl sites for hydroxylation is 2. The van der Waals surface area contributed by atoms with E-state index in [4.69, 9.17) is 34.2 Å². The average Bonchev–Trinajstić information content (AvgIpc) is 1.54. The van der Waals surface area contributed by atoms with Crippen LogP contribution in [0.25, 0.3) is 6.08 Å². The minimum Gasteiger partial charge on any atom is -0.445 e. The standard InChI is InChI=1S/C61H89N9O15/c1-11-42-35-40(4)65-45(36-42)18-19-48(71)63-24-28-81-30-32-83-34-33-82-31-29-80-27-20-49(72)68-51(39(2)3)55(75)67-47(13-12-23-64-56(62)76)54(74)66-44-16-14-43(15-17-44)38-84-57(77)69(9)25-26-70(10)58(78)85-53-50-41(5)61(21-22-61)60(8,79)52(73)46(50)37-59(53,6)7/h11,14-17,35-37,39,47,51,53,79H,1,12-13,18-34,38H2,2-10H3,(H,63,71)(H,66,74)(H,67,75)(H,68,72)(H3,62,64,76)/t47-,51-,53+,60-/m0/s1. The SMILES string of the molecule is C=Cc1cc(C)nc(CCC(=O)NCCOCCOCCOCCOCCC(=O)N[C@H](C(=O)N[C@@H](CCCNC(N)=O)C(=O)Nc2ccc(COC(=O)N(C)CCN(C)C(=O)O[C@@H]3C4=C(C)C5(CC5)[C@@](C)(O)C(=O)C4=CC3(C)C)cc2)C(C)C)c1. The Morgan fingerprint density at radius 1 is 0.800 bits per heavy atom. The van der Waals surface area contributed by atoms with Crippen LogP contribution in [0.3, 0.4) is 0 Å². The Labute approximate surface area is 498 Å². The van der Waals surface area contributed by atoms with Gasteiger partial charge in [-0.15, -0.1) is 0 Å². The molecule has 0 saturated heterocycles. The monoisotopic (exact) mass is 1190 g/mol. The number of hydrogen-bond donors (Lipinski definition) is 7. The number of likely N-dealkylation sites (N-methyl/N-ethyl adjacent to an activating group) is 2. The Balaban J connectivity index is 0.954. The van der Waals surface area contributed by atoms with Gasteiger partial charge in [-0.05, 0) is 94.2 Å². The minimum absolute atomic E-state index is 0.0353. The molecule has 1 aromatic heterocycles. The Hall–Kier alpha value is -7.25. The zero-order valence-electron chi connectivity index (χ0n) is 50.9. The van der Waals surface area contributed by atoms with Crippen molar-refractivity contribution in [3.8, 4) is 0 Å². The molecule has 3 aliphatic carbocycles. The topological polar surface area (TPSA) is 318 Å². The fourth-order valence-electron chi connectivity index (χ4n) is 10.1. The van der Waals surface area contributed by atoms with Crippen LogP contribution in [0.4, 0.5) is 20.1 Å². The molecule has 3 aliphatic rings. The third-order valence-electron chi connectivity index (χ3n) is 15.3. The molecule has 1 fully saturated rings. The van der Waals surface area contributed by atoms with Gasteiger partial charge in [0, 0.05) is 92.2 Å². The molecule has 468 valence electrons. The molecular formula is C61H89N9O15. The van der Waals surface area contributed by atoms with Crippen LogP contribution >= 0.6 is 0 Å². The minimum atomic E-state index is -1.52. The summed E-state index contributed by atoms with van der Waals surface area (Å²) < 4.78 is 33.7. The van der Waals surface area contributed by atoms with Crippen molar-refractivity contribution in [3.05, 3.63) is 88.3 Å². The van der Waals surface area contributed by atoms with E-state index in [1.54, 1.807) is 64.2 Å². The lowest BCUT2D eigenvalue weighted by Gasteiger charge is -2.40. The molecule has 24 heteroatoms. The van der Waals surface area contributed by atoms with E-state index < -0.39 is 70.6 Å². The van der Waals surface area contributed by atoms with Gasteiger partial charge in [0.15, 0.2) is 5.78 Å². The summed E-state index contributed by atoms with van der Waals surface area (Å²) in [4.78, 5) is 111. The van der Waals surface area contributed by atoms with Crippen LogP contribution in [-0.4, -0.2) is 184 Å². The molecule has 0 bridgehead atoms. The van der Waals surface area contributed by atoms with Crippen LogP contribution in [-0.2, 0) is 65.4 Å². The van der Waals surface area contributed by atoms with Crippen LogP contribution in [0.5, 0.6) is 0 Å². The highest BCUT2D eigenvalue weighted by Gasteiger charge is 2.67. The molecule has 0 aliphatic heterocycles. The molecule has 85 heavy (non-hydrogen) atoms. The van der Waals surface area contributed by atoms with Crippen LogP contribution in [0.15, 0.2) is 65.8 Å². The number of rotatable bonds is 35. The maximum absolute atomic E-state index is 13.7. The van der Waals surface area contributed by atoms with Crippen LogP contribution in [0, 0.1) is 23.7 Å². The number of nitrogens with one attached hydrogen (secondary N) is 5. The number of aliphatic hydroxyl groups is 1. The quantitative estimate of drug-likeness (QED) is 0.0462. The van der Waals surface area contributed by atoms with Gasteiger partial charge in [0.05, 0.1) is 52.9 Å². The first-order valence-electron chi connectivity index (χ1n) is 29.0. The van der Waals surface area contributed by atoms with Crippen molar-refractivity contribution >= 4 is 59.4 Å². The highest BCUT2D eigenvalue weighted by Crippen LogP contribution is 2.65. The van der Waals surface area contributed by atoms with Gasteiger partial charge >= 0.3 is 18.2 Å². The summed E-state index contributed by atoms with van der Waals surface area (Å²) in [5.41, 5.74) is 7.97. The van der Waals surface area contributed by atoms with Crippen LogP contribution in [0.2, 0.25) is 0 Å². The molecule has 8 amide bonds. The van der Waals surface area contributed by atoms with Crippen molar-refractivity contribution in [3.63, 3.8) is 0 Å². The fraction of sp³-hybridized carbons (Fsp3) is 0.590. The number of benzene rings is 1. The highest BCUT2D eigenvalue weighted by molar-refractivity contribution is 6.09. The Morgan fingerprint density at radius 2 is 1.41 bits per heavy atom. The maximum atomic E-state index is 13.7. The summed E-state index contributed by atoms with van der Waals surface area (Å²) in [6.45, 7) is 19.4. The van der Waals surface area contributed by atoms with E-state index in [0.29, 0.717) is 87.7 Å².